The Hall–Kier alpha value is -3.08. The van der Waals surface area contributed by atoms with Crippen molar-refractivity contribution in [1.29, 1.82) is 0 Å². The fourth-order valence-electron chi connectivity index (χ4n) is 5.88. The summed E-state index contributed by atoms with van der Waals surface area (Å²) in [6.45, 7) is 0. The van der Waals surface area contributed by atoms with Gasteiger partial charge in [-0.1, -0.05) is 0 Å². The Morgan fingerprint density at radius 1 is 1.18 bits per heavy atom. The van der Waals surface area contributed by atoms with Gasteiger partial charge in [0.25, 0.3) is 0 Å². The molecule has 7 rings (SSSR count). The lowest BCUT2D eigenvalue weighted by Gasteiger charge is -2.47. The molecule has 2 atom stereocenters. The molecule has 0 unspecified atom stereocenters. The Bertz CT molecular complexity index is 1400. The highest BCUT2D eigenvalue weighted by Crippen LogP contribution is 2.47. The summed E-state index contributed by atoms with van der Waals surface area (Å²) in [5.74, 6) is -1.43. The van der Waals surface area contributed by atoms with Crippen LogP contribution in [0, 0.1) is 23.6 Å². The Morgan fingerprint density at radius 2 is 1.94 bits per heavy atom. The number of hydrogen-bond acceptors (Lipinski definition) is 7. The highest BCUT2D eigenvalue weighted by Gasteiger charge is 2.48. The van der Waals surface area contributed by atoms with Gasteiger partial charge in [0.15, 0.2) is 15.7 Å². The summed E-state index contributed by atoms with van der Waals surface area (Å²) >= 11 is 0. The van der Waals surface area contributed by atoms with Crippen LogP contribution in [-0.2, 0) is 21.1 Å². The summed E-state index contributed by atoms with van der Waals surface area (Å²) < 4.78 is 39.5. The lowest BCUT2D eigenvalue weighted by Crippen LogP contribution is -2.51. The smallest absolute Gasteiger partial charge is 0.308 e. The highest BCUT2D eigenvalue weighted by atomic mass is 32.2. The summed E-state index contributed by atoms with van der Waals surface area (Å²) in [6.07, 6.45) is 6.54. The summed E-state index contributed by atoms with van der Waals surface area (Å²) in [5.41, 5.74) is 1.37. The minimum atomic E-state index is -3.59. The van der Waals surface area contributed by atoms with Crippen LogP contribution in [0.5, 0.6) is 0 Å². The largest absolute Gasteiger partial charge is 0.481 e. The van der Waals surface area contributed by atoms with Gasteiger partial charge >= 0.3 is 5.97 Å². The molecule has 0 radical (unpaired) electrons. The topological polar surface area (TPSA) is 138 Å². The Morgan fingerprint density at radius 3 is 2.70 bits per heavy atom. The van der Waals surface area contributed by atoms with E-state index in [1.807, 2.05) is 0 Å². The summed E-state index contributed by atoms with van der Waals surface area (Å²) in [7, 11) is -3.59. The van der Waals surface area contributed by atoms with E-state index in [1.165, 1.54) is 6.07 Å². The van der Waals surface area contributed by atoms with Gasteiger partial charge in [-0.3, -0.25) is 4.79 Å². The maximum absolute atomic E-state index is 13.9. The van der Waals surface area contributed by atoms with Crippen LogP contribution in [0.3, 0.4) is 0 Å². The number of carboxylic acid groups (broad SMARTS) is 1. The van der Waals surface area contributed by atoms with E-state index in [0.29, 0.717) is 22.3 Å². The van der Waals surface area contributed by atoms with Crippen molar-refractivity contribution in [1.82, 2.24) is 19.9 Å². The molecule has 3 N–H and O–H groups in total. The molecule has 0 spiro atoms. The SMILES string of the molecule is O=C(O)[C@H]1C2CCC(CC2)[C@@H]1Nc1nc(-c2c[nH]c3ncc(F)cc23)nc2c1S(=O)(=O)CC2. The first-order valence-corrected chi connectivity index (χ1v) is 12.7. The fourth-order valence-corrected chi connectivity index (χ4v) is 7.45. The first kappa shape index (κ1) is 20.5. The van der Waals surface area contributed by atoms with E-state index in [2.05, 4.69) is 25.3 Å². The van der Waals surface area contributed by atoms with E-state index in [4.69, 9.17) is 0 Å². The average molecular weight is 472 g/mol. The number of nitrogens with zero attached hydrogens (tertiary/aromatic N) is 3. The molecular formula is C22H22FN5O4S. The zero-order valence-electron chi connectivity index (χ0n) is 17.6. The number of sulfone groups is 1. The summed E-state index contributed by atoms with van der Waals surface area (Å²) in [4.78, 5) is 28.2. The molecule has 0 amide bonds. The number of H-pyrrole nitrogens is 1. The second kappa shape index (κ2) is 7.21. The van der Waals surface area contributed by atoms with Crippen LogP contribution >= 0.6 is 0 Å². The van der Waals surface area contributed by atoms with Gasteiger partial charge in [-0.25, -0.2) is 27.8 Å². The van der Waals surface area contributed by atoms with E-state index in [1.54, 1.807) is 6.20 Å². The number of carboxylic acids is 1. The lowest BCUT2D eigenvalue weighted by molar-refractivity contribution is -0.148. The van der Waals surface area contributed by atoms with Crippen molar-refractivity contribution >= 4 is 32.7 Å². The molecule has 11 heteroatoms. The van der Waals surface area contributed by atoms with E-state index < -0.39 is 33.6 Å². The molecule has 4 aliphatic rings. The standard InChI is InChI=1S/C22H22FN5O4S/c23-12-7-13-14(9-25-19(13)24-8-12)20-26-15-5-6-33(31,32)18(15)21(28-20)27-17-11-3-1-10(2-4-11)16(17)22(29)30/h7-11,16-17H,1-6H2,(H,24,25)(H,29,30)(H,26,27,28)/t10?,11?,16-,17-/m0/s1. The average Bonchev–Trinajstić information content (AvgIpc) is 3.34. The highest BCUT2D eigenvalue weighted by molar-refractivity contribution is 7.91. The maximum atomic E-state index is 13.9. The van der Waals surface area contributed by atoms with Gasteiger partial charge in [0.05, 0.1) is 23.6 Å². The normalized spacial score (nSPS) is 27.5. The number of aromatic nitrogens is 4. The fraction of sp³-hybridized carbons (Fsp3) is 0.455. The van der Waals surface area contributed by atoms with Gasteiger partial charge in [-0.15, -0.1) is 0 Å². The van der Waals surface area contributed by atoms with Gasteiger partial charge < -0.3 is 15.4 Å². The van der Waals surface area contributed by atoms with Crippen molar-refractivity contribution in [2.75, 3.05) is 11.1 Å². The van der Waals surface area contributed by atoms with Crippen LogP contribution in [-0.4, -0.2) is 51.2 Å². The molecule has 3 saturated carbocycles. The molecule has 9 nitrogen and oxygen atoms in total. The number of anilines is 1. The summed E-state index contributed by atoms with van der Waals surface area (Å²) in [6, 6.07) is 0.925. The molecular weight excluding hydrogens is 449 g/mol. The Kier molecular flexibility index (Phi) is 4.48. The first-order valence-electron chi connectivity index (χ1n) is 11.1. The predicted molar refractivity (Wildman–Crippen MR) is 117 cm³/mol. The van der Waals surface area contributed by atoms with Crippen LogP contribution in [0.25, 0.3) is 22.4 Å². The van der Waals surface area contributed by atoms with Crippen LogP contribution in [0.2, 0.25) is 0 Å². The molecule has 0 aromatic carbocycles. The number of aliphatic carboxylic acids is 1. The molecule has 1 aliphatic heterocycles. The van der Waals surface area contributed by atoms with E-state index in [9.17, 15) is 22.7 Å². The van der Waals surface area contributed by atoms with Crippen LogP contribution in [0.1, 0.15) is 31.4 Å². The Labute approximate surface area is 188 Å². The Balaban J connectivity index is 1.49. The molecule has 3 aliphatic carbocycles. The number of nitrogens with one attached hydrogen (secondary N) is 2. The zero-order valence-corrected chi connectivity index (χ0v) is 18.4. The van der Waals surface area contributed by atoms with Crippen molar-refractivity contribution in [3.8, 4) is 11.4 Å². The monoisotopic (exact) mass is 471 g/mol. The molecule has 33 heavy (non-hydrogen) atoms. The quantitative estimate of drug-likeness (QED) is 0.528. The third-order valence-corrected chi connectivity index (χ3v) is 9.19. The van der Waals surface area contributed by atoms with Gasteiger partial charge in [-0.05, 0) is 43.6 Å². The van der Waals surface area contributed by atoms with Gasteiger partial charge in [0.1, 0.15) is 22.2 Å². The predicted octanol–water partition coefficient (Wildman–Crippen LogP) is 2.79. The van der Waals surface area contributed by atoms with Crippen molar-refractivity contribution in [3.63, 3.8) is 0 Å². The van der Waals surface area contributed by atoms with E-state index in [0.717, 1.165) is 31.9 Å². The minimum Gasteiger partial charge on any atom is -0.481 e. The molecule has 0 saturated heterocycles. The maximum Gasteiger partial charge on any atom is 0.308 e. The first-order chi connectivity index (χ1) is 15.8. The number of pyridine rings is 1. The number of fused-ring (bicyclic) bond motifs is 5. The van der Waals surface area contributed by atoms with Gasteiger partial charge in [-0.2, -0.15) is 0 Å². The van der Waals surface area contributed by atoms with Crippen molar-refractivity contribution in [2.45, 2.75) is 43.0 Å². The molecule has 3 fully saturated rings. The third kappa shape index (κ3) is 3.20. The van der Waals surface area contributed by atoms with Crippen LogP contribution in [0.4, 0.5) is 10.2 Å². The molecule has 3 aromatic heterocycles. The lowest BCUT2D eigenvalue weighted by atomic mass is 9.61. The van der Waals surface area contributed by atoms with Crippen molar-refractivity contribution in [2.24, 2.45) is 17.8 Å². The second-order valence-electron chi connectivity index (χ2n) is 9.20. The van der Waals surface area contributed by atoms with Crippen molar-refractivity contribution < 1.29 is 22.7 Å². The number of hydrogen-bond donors (Lipinski definition) is 3. The van der Waals surface area contributed by atoms with Crippen LogP contribution < -0.4 is 5.32 Å². The number of rotatable bonds is 4. The summed E-state index contributed by atoms with van der Waals surface area (Å²) in [5, 5.41) is 13.7. The molecule has 4 heterocycles. The van der Waals surface area contributed by atoms with Crippen molar-refractivity contribution in [3.05, 3.63) is 30.0 Å². The van der Waals surface area contributed by atoms with Crippen LogP contribution in [0.15, 0.2) is 23.4 Å². The number of carbonyl (C=O) groups is 1. The number of aryl methyl sites for hydroxylation is 1. The molecule has 172 valence electrons. The molecule has 2 bridgehead atoms. The molecule has 3 aromatic rings. The van der Waals surface area contributed by atoms with E-state index in [-0.39, 0.29) is 40.5 Å². The second-order valence-corrected chi connectivity index (χ2v) is 11.2. The van der Waals surface area contributed by atoms with Gasteiger partial charge in [0, 0.05) is 29.6 Å². The number of aromatic amines is 1. The third-order valence-electron chi connectivity index (χ3n) is 7.40. The number of halogens is 1. The van der Waals surface area contributed by atoms with E-state index >= 15 is 0 Å². The van der Waals surface area contributed by atoms with Gasteiger partial charge in [0.2, 0.25) is 0 Å². The zero-order chi connectivity index (χ0) is 22.9. The minimum absolute atomic E-state index is 0.0565.